The average Bonchev–Trinajstić information content (AvgIpc) is 2.86. The molecule has 0 aliphatic rings. The molecule has 0 spiro atoms. The lowest BCUT2D eigenvalue weighted by molar-refractivity contribution is -0.386. The van der Waals surface area contributed by atoms with Crippen LogP contribution in [-0.4, -0.2) is 21.0 Å². The third-order valence-corrected chi connectivity index (χ3v) is 4.97. The monoisotopic (exact) mass is 324 g/mol. The van der Waals surface area contributed by atoms with Crippen LogP contribution in [0.25, 0.3) is 0 Å². The van der Waals surface area contributed by atoms with Crippen LogP contribution < -0.4 is 0 Å². The van der Waals surface area contributed by atoms with Gasteiger partial charge in [-0.3, -0.25) is 15.1 Å². The number of carboxylic acid groups (broad SMARTS) is 1. The number of rotatable bonds is 5. The Bertz CT molecular complexity index is 712. The summed E-state index contributed by atoms with van der Waals surface area (Å²) in [5, 5.41) is 21.7. The molecule has 0 fully saturated rings. The van der Waals surface area contributed by atoms with E-state index in [4.69, 9.17) is 5.11 Å². The Balaban J connectivity index is 2.18. The molecule has 0 aromatic carbocycles. The van der Waals surface area contributed by atoms with Gasteiger partial charge in [0, 0.05) is 33.4 Å². The second-order valence-electron chi connectivity index (χ2n) is 4.36. The van der Waals surface area contributed by atoms with Crippen molar-refractivity contribution in [2.75, 3.05) is 0 Å². The first-order valence-corrected chi connectivity index (χ1v) is 7.80. The lowest BCUT2D eigenvalue weighted by Gasteiger charge is -2.06. The number of thioether (sulfide) groups is 1. The van der Waals surface area contributed by atoms with Gasteiger partial charge in [-0.15, -0.1) is 23.1 Å². The van der Waals surface area contributed by atoms with E-state index >= 15 is 0 Å². The number of aryl methyl sites for hydroxylation is 1. The van der Waals surface area contributed by atoms with Gasteiger partial charge in [-0.25, -0.2) is 4.79 Å². The van der Waals surface area contributed by atoms with E-state index in [1.165, 1.54) is 18.0 Å². The van der Waals surface area contributed by atoms with Gasteiger partial charge in [0.2, 0.25) is 0 Å². The number of hydrogen-bond acceptors (Lipinski definition) is 6. The van der Waals surface area contributed by atoms with Crippen LogP contribution in [0.2, 0.25) is 0 Å². The summed E-state index contributed by atoms with van der Waals surface area (Å²) in [5.74, 6) is -0.491. The maximum absolute atomic E-state index is 11.1. The molecule has 0 aliphatic heterocycles. The minimum atomic E-state index is -0.952. The van der Waals surface area contributed by atoms with Crippen LogP contribution in [0.15, 0.2) is 22.5 Å². The largest absolute Gasteiger partial charge is 0.477 e. The molecule has 21 heavy (non-hydrogen) atoms. The van der Waals surface area contributed by atoms with Crippen LogP contribution in [0.4, 0.5) is 5.69 Å². The van der Waals surface area contributed by atoms with Crippen LogP contribution >= 0.6 is 23.1 Å². The Labute approximate surface area is 129 Å². The van der Waals surface area contributed by atoms with Crippen molar-refractivity contribution in [1.82, 2.24) is 4.98 Å². The molecule has 0 unspecified atom stereocenters. The third-order valence-electron chi connectivity index (χ3n) is 2.92. The van der Waals surface area contributed by atoms with E-state index in [9.17, 15) is 14.9 Å². The Morgan fingerprint density at radius 1 is 1.52 bits per heavy atom. The van der Waals surface area contributed by atoms with Crippen molar-refractivity contribution in [2.24, 2.45) is 0 Å². The molecular weight excluding hydrogens is 312 g/mol. The normalized spacial score (nSPS) is 10.6. The molecule has 8 heteroatoms. The quantitative estimate of drug-likeness (QED) is 0.512. The zero-order chi connectivity index (χ0) is 15.6. The summed E-state index contributed by atoms with van der Waals surface area (Å²) >= 11 is 2.57. The molecule has 0 atom stereocenters. The Morgan fingerprint density at radius 3 is 2.81 bits per heavy atom. The van der Waals surface area contributed by atoms with Crippen molar-refractivity contribution < 1.29 is 14.8 Å². The fourth-order valence-corrected chi connectivity index (χ4v) is 3.74. The van der Waals surface area contributed by atoms with Crippen molar-refractivity contribution in [2.45, 2.75) is 24.5 Å². The number of nitrogens with zero attached hydrogens (tertiary/aromatic N) is 2. The highest BCUT2D eigenvalue weighted by Crippen LogP contribution is 2.31. The number of hydrogen-bond donors (Lipinski definition) is 1. The summed E-state index contributed by atoms with van der Waals surface area (Å²) < 4.78 is 0. The molecule has 0 aliphatic carbocycles. The predicted octanol–water partition coefficient (Wildman–Crippen LogP) is 3.66. The molecule has 110 valence electrons. The molecule has 2 rings (SSSR count). The van der Waals surface area contributed by atoms with Gasteiger partial charge in [-0.2, -0.15) is 0 Å². The highest BCUT2D eigenvalue weighted by molar-refractivity contribution is 7.98. The molecule has 2 aromatic heterocycles. The van der Waals surface area contributed by atoms with Crippen LogP contribution in [0.5, 0.6) is 0 Å². The molecule has 2 aromatic rings. The zero-order valence-electron chi connectivity index (χ0n) is 11.3. The van der Waals surface area contributed by atoms with Crippen molar-refractivity contribution in [1.29, 1.82) is 0 Å². The number of carboxylic acids is 1. The smallest absolute Gasteiger partial charge is 0.345 e. The van der Waals surface area contributed by atoms with Gasteiger partial charge >= 0.3 is 5.97 Å². The Morgan fingerprint density at radius 2 is 2.24 bits per heavy atom. The summed E-state index contributed by atoms with van der Waals surface area (Å²) in [4.78, 5) is 26.8. The van der Waals surface area contributed by atoms with Crippen LogP contribution in [0.1, 0.15) is 26.5 Å². The summed E-state index contributed by atoms with van der Waals surface area (Å²) in [7, 11) is 0. The van der Waals surface area contributed by atoms with E-state index in [0.29, 0.717) is 22.6 Å². The maximum atomic E-state index is 11.1. The zero-order valence-corrected chi connectivity index (χ0v) is 13.0. The maximum Gasteiger partial charge on any atom is 0.345 e. The molecule has 2 heterocycles. The summed E-state index contributed by atoms with van der Waals surface area (Å²) in [6.07, 6.45) is 1.50. The van der Waals surface area contributed by atoms with Gasteiger partial charge in [-0.05, 0) is 19.9 Å². The van der Waals surface area contributed by atoms with Crippen LogP contribution in [0, 0.1) is 24.0 Å². The fraction of sp³-hybridized carbons (Fsp3) is 0.231. The fourth-order valence-electron chi connectivity index (χ4n) is 1.85. The summed E-state index contributed by atoms with van der Waals surface area (Å²) in [6, 6.07) is 1.59. The Kier molecular flexibility index (Phi) is 4.59. The van der Waals surface area contributed by atoms with E-state index in [1.807, 2.05) is 0 Å². The van der Waals surface area contributed by atoms with E-state index in [0.717, 1.165) is 16.2 Å². The Hall–Kier alpha value is -1.93. The lowest BCUT2D eigenvalue weighted by atomic mass is 10.1. The van der Waals surface area contributed by atoms with Crippen molar-refractivity contribution in [3.05, 3.63) is 49.5 Å². The number of nitro groups is 1. The van der Waals surface area contributed by atoms with Crippen molar-refractivity contribution in [3.63, 3.8) is 0 Å². The van der Waals surface area contributed by atoms with Crippen molar-refractivity contribution >= 4 is 34.8 Å². The predicted molar refractivity (Wildman–Crippen MR) is 81.2 cm³/mol. The number of carbonyl (C=O) groups is 1. The molecule has 0 bridgehead atoms. The van der Waals surface area contributed by atoms with E-state index in [-0.39, 0.29) is 10.6 Å². The van der Waals surface area contributed by atoms with E-state index < -0.39 is 10.9 Å². The second-order valence-corrected chi connectivity index (χ2v) is 6.32. The standard InChI is InChI=1S/C13H12N2O4S2/c1-7-4-14-10(8(2)12(7)15(18)19)6-20-9-3-11(13(16)17)21-5-9/h3-5H,6H2,1-2H3,(H,16,17). The first kappa shape index (κ1) is 15.5. The molecule has 1 N–H and O–H groups in total. The van der Waals surface area contributed by atoms with Gasteiger partial charge in [0.25, 0.3) is 5.69 Å². The first-order valence-electron chi connectivity index (χ1n) is 5.94. The molecule has 0 saturated carbocycles. The second kappa shape index (κ2) is 6.23. The topological polar surface area (TPSA) is 93.3 Å². The summed E-state index contributed by atoms with van der Waals surface area (Å²) in [5.41, 5.74) is 1.83. The molecule has 6 nitrogen and oxygen atoms in total. The number of thiophene rings is 1. The van der Waals surface area contributed by atoms with Gasteiger partial charge in [0.15, 0.2) is 0 Å². The van der Waals surface area contributed by atoms with Gasteiger partial charge in [0.05, 0.1) is 10.6 Å². The van der Waals surface area contributed by atoms with Gasteiger partial charge < -0.3 is 5.11 Å². The van der Waals surface area contributed by atoms with Crippen LogP contribution in [-0.2, 0) is 5.75 Å². The number of aromatic carboxylic acids is 1. The highest BCUT2D eigenvalue weighted by Gasteiger charge is 2.18. The molecule has 0 amide bonds. The first-order chi connectivity index (χ1) is 9.90. The van der Waals surface area contributed by atoms with Crippen LogP contribution in [0.3, 0.4) is 0 Å². The molecule has 0 saturated heterocycles. The molecule has 0 radical (unpaired) electrons. The SMILES string of the molecule is Cc1cnc(CSc2csc(C(=O)O)c2)c(C)c1[N+](=O)[O-]. The minimum absolute atomic E-state index is 0.0946. The van der Waals surface area contributed by atoms with E-state index in [1.54, 1.807) is 25.3 Å². The van der Waals surface area contributed by atoms with E-state index in [2.05, 4.69) is 4.98 Å². The number of pyridine rings is 1. The minimum Gasteiger partial charge on any atom is -0.477 e. The van der Waals surface area contributed by atoms with Crippen molar-refractivity contribution in [3.8, 4) is 0 Å². The van der Waals surface area contributed by atoms with Gasteiger partial charge in [0.1, 0.15) is 4.88 Å². The number of aromatic nitrogens is 1. The third kappa shape index (κ3) is 3.40. The average molecular weight is 324 g/mol. The summed E-state index contributed by atoms with van der Waals surface area (Å²) in [6.45, 7) is 3.34. The molecular formula is C13H12N2O4S2. The van der Waals surface area contributed by atoms with Gasteiger partial charge in [-0.1, -0.05) is 0 Å². The highest BCUT2D eigenvalue weighted by atomic mass is 32.2. The lowest BCUT2D eigenvalue weighted by Crippen LogP contribution is -2.01.